The van der Waals surface area contributed by atoms with Crippen LogP contribution in [0.4, 0.5) is 0 Å². The van der Waals surface area contributed by atoms with E-state index in [-0.39, 0.29) is 18.8 Å². The van der Waals surface area contributed by atoms with E-state index in [1.807, 2.05) is 0 Å². The molecule has 122 valence electrons. The molecule has 1 saturated carbocycles. The lowest BCUT2D eigenvalue weighted by molar-refractivity contribution is 0.00637. The summed E-state index contributed by atoms with van der Waals surface area (Å²) >= 11 is 0. The first-order valence-electron chi connectivity index (χ1n) is 8.84. The number of rotatable bonds is 4. The van der Waals surface area contributed by atoms with Crippen molar-refractivity contribution in [2.45, 2.75) is 56.6 Å². The summed E-state index contributed by atoms with van der Waals surface area (Å²) in [5, 5.41) is 19.3. The van der Waals surface area contributed by atoms with E-state index in [1.54, 1.807) is 0 Å². The standard InChI is InChI=1S/C19H29NO2/c21-14-18-12-19(22)10-11-20(18)13-15-6-8-17(9-7-15)16-4-2-1-3-5-16/h1-5,15,17-19,21-22H,6-14H2. The zero-order chi connectivity index (χ0) is 15.4. The van der Waals surface area contributed by atoms with Crippen LogP contribution in [0.5, 0.6) is 0 Å². The summed E-state index contributed by atoms with van der Waals surface area (Å²) in [6, 6.07) is 11.1. The molecule has 1 aromatic carbocycles. The van der Waals surface area contributed by atoms with Gasteiger partial charge >= 0.3 is 0 Å². The van der Waals surface area contributed by atoms with Gasteiger partial charge in [0.25, 0.3) is 0 Å². The maximum absolute atomic E-state index is 9.76. The molecule has 0 aromatic heterocycles. The lowest BCUT2D eigenvalue weighted by Gasteiger charge is -2.40. The van der Waals surface area contributed by atoms with Crippen LogP contribution in [0.3, 0.4) is 0 Å². The molecule has 0 bridgehead atoms. The molecule has 2 N–H and O–H groups in total. The van der Waals surface area contributed by atoms with E-state index in [1.165, 1.54) is 31.2 Å². The van der Waals surface area contributed by atoms with Crippen LogP contribution < -0.4 is 0 Å². The largest absolute Gasteiger partial charge is 0.395 e. The van der Waals surface area contributed by atoms with Crippen molar-refractivity contribution in [3.63, 3.8) is 0 Å². The second kappa shape index (κ2) is 7.58. The molecule has 0 spiro atoms. The smallest absolute Gasteiger partial charge is 0.0587 e. The number of nitrogens with zero attached hydrogens (tertiary/aromatic N) is 1. The van der Waals surface area contributed by atoms with Gasteiger partial charge in [-0.1, -0.05) is 30.3 Å². The van der Waals surface area contributed by atoms with Crippen LogP contribution >= 0.6 is 0 Å². The Hall–Kier alpha value is -0.900. The van der Waals surface area contributed by atoms with Gasteiger partial charge in [-0.3, -0.25) is 4.90 Å². The van der Waals surface area contributed by atoms with Crippen molar-refractivity contribution in [3.05, 3.63) is 35.9 Å². The Balaban J connectivity index is 1.49. The van der Waals surface area contributed by atoms with Crippen LogP contribution in [0.2, 0.25) is 0 Å². The number of hydrogen-bond acceptors (Lipinski definition) is 3. The second-order valence-corrected chi connectivity index (χ2v) is 7.14. The van der Waals surface area contributed by atoms with Gasteiger partial charge in [-0.05, 0) is 55.9 Å². The third-order valence-corrected chi connectivity index (χ3v) is 5.63. The average Bonchev–Trinajstić information content (AvgIpc) is 2.58. The Morgan fingerprint density at radius 2 is 1.73 bits per heavy atom. The molecular weight excluding hydrogens is 274 g/mol. The van der Waals surface area contributed by atoms with Crippen molar-refractivity contribution < 1.29 is 10.2 Å². The van der Waals surface area contributed by atoms with Crippen LogP contribution in [0.15, 0.2) is 30.3 Å². The summed E-state index contributed by atoms with van der Waals surface area (Å²) in [7, 11) is 0. The SMILES string of the molecule is OCC1CC(O)CCN1CC1CCC(c2ccccc2)CC1. The Morgan fingerprint density at radius 1 is 1.00 bits per heavy atom. The number of piperidine rings is 1. The molecule has 0 amide bonds. The van der Waals surface area contributed by atoms with Crippen molar-refractivity contribution in [1.82, 2.24) is 4.90 Å². The molecule has 0 radical (unpaired) electrons. The van der Waals surface area contributed by atoms with Gasteiger partial charge in [0.1, 0.15) is 0 Å². The maximum atomic E-state index is 9.76. The fraction of sp³-hybridized carbons (Fsp3) is 0.684. The van der Waals surface area contributed by atoms with Crippen LogP contribution in [0.25, 0.3) is 0 Å². The summed E-state index contributed by atoms with van der Waals surface area (Å²) in [5.74, 6) is 1.48. The van der Waals surface area contributed by atoms with E-state index in [0.717, 1.165) is 37.8 Å². The first-order valence-corrected chi connectivity index (χ1v) is 8.84. The molecule has 1 aromatic rings. The van der Waals surface area contributed by atoms with E-state index in [0.29, 0.717) is 0 Å². The minimum atomic E-state index is -0.220. The molecule has 1 saturated heterocycles. The topological polar surface area (TPSA) is 43.7 Å². The molecule has 2 atom stereocenters. The minimum absolute atomic E-state index is 0.163. The van der Waals surface area contributed by atoms with Crippen LogP contribution in [-0.4, -0.2) is 47.0 Å². The van der Waals surface area contributed by atoms with E-state index >= 15 is 0 Å². The molecule has 1 aliphatic carbocycles. The van der Waals surface area contributed by atoms with Crippen LogP contribution in [-0.2, 0) is 0 Å². The van der Waals surface area contributed by atoms with Crippen molar-refractivity contribution in [3.8, 4) is 0 Å². The highest BCUT2D eigenvalue weighted by atomic mass is 16.3. The molecule has 3 nitrogen and oxygen atoms in total. The van der Waals surface area contributed by atoms with Gasteiger partial charge in [0.15, 0.2) is 0 Å². The number of hydrogen-bond donors (Lipinski definition) is 2. The van der Waals surface area contributed by atoms with E-state index in [2.05, 4.69) is 35.2 Å². The van der Waals surface area contributed by atoms with Gasteiger partial charge in [0.05, 0.1) is 12.7 Å². The lowest BCUT2D eigenvalue weighted by atomic mass is 9.78. The average molecular weight is 303 g/mol. The zero-order valence-corrected chi connectivity index (χ0v) is 13.4. The van der Waals surface area contributed by atoms with Crippen molar-refractivity contribution in [1.29, 1.82) is 0 Å². The first kappa shape index (κ1) is 16.0. The Bertz CT molecular complexity index is 442. The van der Waals surface area contributed by atoms with Gasteiger partial charge in [-0.15, -0.1) is 0 Å². The van der Waals surface area contributed by atoms with Gasteiger partial charge < -0.3 is 10.2 Å². The first-order chi connectivity index (χ1) is 10.8. The number of benzene rings is 1. The van der Waals surface area contributed by atoms with Crippen molar-refractivity contribution in [2.24, 2.45) is 5.92 Å². The van der Waals surface area contributed by atoms with E-state index in [9.17, 15) is 10.2 Å². The van der Waals surface area contributed by atoms with Crippen LogP contribution in [0.1, 0.15) is 50.0 Å². The quantitative estimate of drug-likeness (QED) is 0.899. The Labute approximate surface area is 134 Å². The minimum Gasteiger partial charge on any atom is -0.395 e. The third kappa shape index (κ3) is 3.89. The Kier molecular flexibility index (Phi) is 5.51. The fourth-order valence-corrected chi connectivity index (χ4v) is 4.24. The molecule has 2 aliphatic rings. The molecule has 3 rings (SSSR count). The van der Waals surface area contributed by atoms with E-state index in [4.69, 9.17) is 0 Å². The maximum Gasteiger partial charge on any atom is 0.0587 e. The van der Waals surface area contributed by atoms with Gasteiger partial charge in [-0.25, -0.2) is 0 Å². The predicted molar refractivity (Wildman–Crippen MR) is 88.8 cm³/mol. The molecular formula is C19H29NO2. The molecule has 3 heteroatoms. The summed E-state index contributed by atoms with van der Waals surface area (Å²) in [5.41, 5.74) is 1.50. The fourth-order valence-electron chi connectivity index (χ4n) is 4.24. The summed E-state index contributed by atoms with van der Waals surface area (Å²) < 4.78 is 0. The highest BCUT2D eigenvalue weighted by Crippen LogP contribution is 2.36. The molecule has 2 fully saturated rings. The second-order valence-electron chi connectivity index (χ2n) is 7.14. The number of aliphatic hydroxyl groups excluding tert-OH is 2. The van der Waals surface area contributed by atoms with Crippen molar-refractivity contribution >= 4 is 0 Å². The number of likely N-dealkylation sites (tertiary alicyclic amines) is 1. The van der Waals surface area contributed by atoms with Crippen molar-refractivity contribution in [2.75, 3.05) is 19.7 Å². The van der Waals surface area contributed by atoms with Gasteiger partial charge in [0.2, 0.25) is 0 Å². The monoisotopic (exact) mass is 303 g/mol. The lowest BCUT2D eigenvalue weighted by Crippen LogP contribution is -2.48. The predicted octanol–water partition coefficient (Wildman–Crippen LogP) is 2.78. The highest BCUT2D eigenvalue weighted by Gasteiger charge is 2.30. The van der Waals surface area contributed by atoms with Crippen LogP contribution in [0, 0.1) is 5.92 Å². The van der Waals surface area contributed by atoms with Gasteiger partial charge in [-0.2, -0.15) is 0 Å². The normalized spacial score (nSPS) is 33.7. The number of aliphatic hydroxyl groups is 2. The zero-order valence-electron chi connectivity index (χ0n) is 13.4. The molecule has 1 aliphatic heterocycles. The molecule has 22 heavy (non-hydrogen) atoms. The summed E-state index contributed by atoms with van der Waals surface area (Å²) in [6.07, 6.45) is 6.52. The third-order valence-electron chi connectivity index (χ3n) is 5.63. The summed E-state index contributed by atoms with van der Waals surface area (Å²) in [6.45, 7) is 2.21. The Morgan fingerprint density at radius 3 is 2.41 bits per heavy atom. The van der Waals surface area contributed by atoms with Gasteiger partial charge in [0, 0.05) is 19.1 Å². The molecule has 1 heterocycles. The highest BCUT2D eigenvalue weighted by molar-refractivity contribution is 5.19. The molecule has 2 unspecified atom stereocenters. The van der Waals surface area contributed by atoms with E-state index < -0.39 is 0 Å². The summed E-state index contributed by atoms with van der Waals surface area (Å²) in [4.78, 5) is 2.42.